The van der Waals surface area contributed by atoms with Gasteiger partial charge in [0.05, 0.1) is 5.69 Å². The van der Waals surface area contributed by atoms with Gasteiger partial charge < -0.3 is 4.90 Å². The summed E-state index contributed by atoms with van der Waals surface area (Å²) < 4.78 is 13.6. The molecule has 0 aliphatic rings. The first-order valence-electron chi connectivity index (χ1n) is 6.18. The lowest BCUT2D eigenvalue weighted by atomic mass is 10.1. The number of halogens is 1. The summed E-state index contributed by atoms with van der Waals surface area (Å²) in [6.45, 7) is 0. The number of nitrogens with zero attached hydrogens (tertiary/aromatic N) is 2. The summed E-state index contributed by atoms with van der Waals surface area (Å²) >= 11 is 0. The number of hydrogen-bond acceptors (Lipinski definition) is 2. The van der Waals surface area contributed by atoms with E-state index in [0.29, 0.717) is 11.3 Å². The van der Waals surface area contributed by atoms with Crippen LogP contribution in [0.25, 0.3) is 17.3 Å². The zero-order valence-electron chi connectivity index (χ0n) is 11.4. The standard InChI is InChI=1S/C16H15FN2O/c1-19(2)16(20)10-8-12-7-9-15(18-11-12)13-5-3-4-6-14(13)17/h3-11H,1-2H3/b10-8+. The smallest absolute Gasteiger partial charge is 0.246 e. The fraction of sp³-hybridized carbons (Fsp3) is 0.125. The van der Waals surface area contributed by atoms with Gasteiger partial charge in [0.2, 0.25) is 5.91 Å². The van der Waals surface area contributed by atoms with Crippen LogP contribution in [0.1, 0.15) is 5.56 Å². The number of hydrogen-bond donors (Lipinski definition) is 0. The highest BCUT2D eigenvalue weighted by Crippen LogP contribution is 2.20. The third-order valence-corrected chi connectivity index (χ3v) is 2.80. The summed E-state index contributed by atoms with van der Waals surface area (Å²) in [4.78, 5) is 17.1. The molecule has 2 aromatic rings. The van der Waals surface area contributed by atoms with E-state index in [9.17, 15) is 9.18 Å². The molecule has 0 aliphatic heterocycles. The third-order valence-electron chi connectivity index (χ3n) is 2.80. The van der Waals surface area contributed by atoms with Crippen molar-refractivity contribution >= 4 is 12.0 Å². The van der Waals surface area contributed by atoms with Gasteiger partial charge in [-0.3, -0.25) is 9.78 Å². The van der Waals surface area contributed by atoms with Crippen molar-refractivity contribution in [3.63, 3.8) is 0 Å². The van der Waals surface area contributed by atoms with Crippen LogP contribution in [0.15, 0.2) is 48.7 Å². The molecule has 0 bridgehead atoms. The Kier molecular flexibility index (Phi) is 4.25. The normalized spacial score (nSPS) is 10.8. The van der Waals surface area contributed by atoms with E-state index in [0.717, 1.165) is 5.56 Å². The molecule has 1 amide bonds. The Labute approximate surface area is 117 Å². The molecule has 0 radical (unpaired) electrons. The van der Waals surface area contributed by atoms with E-state index >= 15 is 0 Å². The van der Waals surface area contributed by atoms with Gasteiger partial charge in [0.25, 0.3) is 0 Å². The van der Waals surface area contributed by atoms with E-state index in [1.165, 1.54) is 17.0 Å². The summed E-state index contributed by atoms with van der Waals surface area (Å²) in [6, 6.07) is 10.0. The highest BCUT2D eigenvalue weighted by atomic mass is 19.1. The second kappa shape index (κ2) is 6.10. The number of carbonyl (C=O) groups is 1. The van der Waals surface area contributed by atoms with Crippen LogP contribution in [0.5, 0.6) is 0 Å². The van der Waals surface area contributed by atoms with Gasteiger partial charge in [-0.05, 0) is 29.8 Å². The maximum absolute atomic E-state index is 13.6. The van der Waals surface area contributed by atoms with Crippen molar-refractivity contribution in [2.24, 2.45) is 0 Å². The second-order valence-corrected chi connectivity index (χ2v) is 4.52. The molecule has 3 nitrogen and oxygen atoms in total. The molecule has 4 heteroatoms. The molecule has 1 aromatic carbocycles. The molecule has 0 fully saturated rings. The van der Waals surface area contributed by atoms with E-state index in [2.05, 4.69) is 4.98 Å². The number of aromatic nitrogens is 1. The highest BCUT2D eigenvalue weighted by Gasteiger charge is 2.04. The topological polar surface area (TPSA) is 33.2 Å². The Bertz CT molecular complexity index is 633. The molecule has 0 N–H and O–H groups in total. The van der Waals surface area contributed by atoms with E-state index in [4.69, 9.17) is 0 Å². The van der Waals surface area contributed by atoms with Gasteiger partial charge in [0, 0.05) is 31.9 Å². The number of benzene rings is 1. The predicted octanol–water partition coefficient (Wildman–Crippen LogP) is 2.99. The summed E-state index contributed by atoms with van der Waals surface area (Å²) in [6.07, 6.45) is 4.77. The van der Waals surface area contributed by atoms with Gasteiger partial charge in [-0.25, -0.2) is 4.39 Å². The maximum Gasteiger partial charge on any atom is 0.246 e. The Hall–Kier alpha value is -2.49. The number of pyridine rings is 1. The van der Waals surface area contributed by atoms with Crippen molar-refractivity contribution in [3.05, 3.63) is 60.1 Å². The SMILES string of the molecule is CN(C)C(=O)/C=C/c1ccc(-c2ccccc2F)nc1. The molecule has 20 heavy (non-hydrogen) atoms. The first-order chi connectivity index (χ1) is 9.58. The van der Waals surface area contributed by atoms with E-state index in [1.54, 1.807) is 56.7 Å². The first kappa shape index (κ1) is 13.9. The highest BCUT2D eigenvalue weighted by molar-refractivity contribution is 5.91. The largest absolute Gasteiger partial charge is 0.345 e. The Balaban J connectivity index is 2.19. The zero-order valence-corrected chi connectivity index (χ0v) is 11.4. The Morgan fingerprint density at radius 1 is 1.20 bits per heavy atom. The van der Waals surface area contributed by atoms with Crippen molar-refractivity contribution in [1.29, 1.82) is 0 Å². The third kappa shape index (κ3) is 3.29. The average molecular weight is 270 g/mol. The zero-order chi connectivity index (χ0) is 14.5. The van der Waals surface area contributed by atoms with Gasteiger partial charge in [0.1, 0.15) is 5.82 Å². The molecule has 2 rings (SSSR count). The van der Waals surface area contributed by atoms with Gasteiger partial charge in [-0.1, -0.05) is 18.2 Å². The molecule has 0 saturated heterocycles. The molecular weight excluding hydrogens is 255 g/mol. The van der Waals surface area contributed by atoms with Crippen molar-refractivity contribution in [3.8, 4) is 11.3 Å². The predicted molar refractivity (Wildman–Crippen MR) is 77.4 cm³/mol. The van der Waals surface area contributed by atoms with Crippen LogP contribution in [-0.4, -0.2) is 29.9 Å². The van der Waals surface area contributed by atoms with Crippen LogP contribution >= 0.6 is 0 Å². The lowest BCUT2D eigenvalue weighted by Crippen LogP contribution is -2.18. The molecular formula is C16H15FN2O. The molecule has 0 unspecified atom stereocenters. The summed E-state index contributed by atoms with van der Waals surface area (Å²) in [7, 11) is 3.37. The van der Waals surface area contributed by atoms with Crippen LogP contribution in [-0.2, 0) is 4.79 Å². The monoisotopic (exact) mass is 270 g/mol. The van der Waals surface area contributed by atoms with Gasteiger partial charge in [-0.2, -0.15) is 0 Å². The van der Waals surface area contributed by atoms with Crippen molar-refractivity contribution in [1.82, 2.24) is 9.88 Å². The molecule has 0 saturated carbocycles. The van der Waals surface area contributed by atoms with Gasteiger partial charge >= 0.3 is 0 Å². The van der Waals surface area contributed by atoms with Crippen LogP contribution in [0.2, 0.25) is 0 Å². The maximum atomic E-state index is 13.6. The van der Waals surface area contributed by atoms with Gasteiger partial charge in [0.15, 0.2) is 0 Å². The molecule has 102 valence electrons. The fourth-order valence-corrected chi connectivity index (χ4v) is 1.65. The van der Waals surface area contributed by atoms with Gasteiger partial charge in [-0.15, -0.1) is 0 Å². The minimum atomic E-state index is -0.300. The minimum absolute atomic E-state index is 0.0943. The Morgan fingerprint density at radius 2 is 1.95 bits per heavy atom. The average Bonchev–Trinajstić information content (AvgIpc) is 2.46. The van der Waals surface area contributed by atoms with Crippen LogP contribution in [0.4, 0.5) is 4.39 Å². The van der Waals surface area contributed by atoms with E-state index in [1.807, 2.05) is 0 Å². The fourth-order valence-electron chi connectivity index (χ4n) is 1.65. The van der Waals surface area contributed by atoms with Crippen LogP contribution in [0, 0.1) is 5.82 Å². The van der Waals surface area contributed by atoms with Crippen LogP contribution < -0.4 is 0 Å². The molecule has 0 spiro atoms. The van der Waals surface area contributed by atoms with Crippen LogP contribution in [0.3, 0.4) is 0 Å². The minimum Gasteiger partial charge on any atom is -0.345 e. The van der Waals surface area contributed by atoms with Crippen molar-refractivity contribution in [2.45, 2.75) is 0 Å². The number of rotatable bonds is 3. The second-order valence-electron chi connectivity index (χ2n) is 4.52. The summed E-state index contributed by atoms with van der Waals surface area (Å²) in [5, 5.41) is 0. The molecule has 1 aromatic heterocycles. The van der Waals surface area contributed by atoms with Crippen molar-refractivity contribution < 1.29 is 9.18 Å². The molecule has 0 aliphatic carbocycles. The summed E-state index contributed by atoms with van der Waals surface area (Å²) in [5.41, 5.74) is 1.83. The first-order valence-corrected chi connectivity index (χ1v) is 6.18. The number of amides is 1. The Morgan fingerprint density at radius 3 is 2.55 bits per heavy atom. The van der Waals surface area contributed by atoms with E-state index in [-0.39, 0.29) is 11.7 Å². The van der Waals surface area contributed by atoms with Crippen molar-refractivity contribution in [2.75, 3.05) is 14.1 Å². The number of likely N-dealkylation sites (N-methyl/N-ethyl adjacent to an activating group) is 1. The number of carbonyl (C=O) groups excluding carboxylic acids is 1. The quantitative estimate of drug-likeness (QED) is 0.803. The lowest BCUT2D eigenvalue weighted by molar-refractivity contribution is -0.123. The van der Waals surface area contributed by atoms with E-state index < -0.39 is 0 Å². The lowest BCUT2D eigenvalue weighted by Gasteiger charge is -2.05. The summed E-state index contributed by atoms with van der Waals surface area (Å²) in [5.74, 6) is -0.394. The molecule has 1 heterocycles. The molecule has 0 atom stereocenters.